The summed E-state index contributed by atoms with van der Waals surface area (Å²) < 4.78 is 0. The third-order valence-electron chi connectivity index (χ3n) is 3.00. The lowest BCUT2D eigenvalue weighted by molar-refractivity contribution is -0.141. The zero-order valence-electron chi connectivity index (χ0n) is 10.8. The zero-order valence-corrected chi connectivity index (χ0v) is 10.8. The Morgan fingerprint density at radius 2 is 2.12 bits per heavy atom. The van der Waals surface area contributed by atoms with Crippen LogP contribution in [0.2, 0.25) is 0 Å². The molecule has 1 rings (SSSR count). The van der Waals surface area contributed by atoms with E-state index in [-0.39, 0.29) is 5.92 Å². The number of hydrogen-bond acceptors (Lipinski definition) is 2. The molecule has 0 saturated heterocycles. The summed E-state index contributed by atoms with van der Waals surface area (Å²) in [6, 6.07) is 6.39. The van der Waals surface area contributed by atoms with Crippen LogP contribution in [0.3, 0.4) is 0 Å². The Morgan fingerprint density at radius 3 is 2.76 bits per heavy atom. The van der Waals surface area contributed by atoms with E-state index in [2.05, 4.69) is 37.4 Å². The highest BCUT2D eigenvalue weighted by Crippen LogP contribution is 2.10. The summed E-state index contributed by atoms with van der Waals surface area (Å²) in [5, 5.41) is 12.0. The first-order valence-electron chi connectivity index (χ1n) is 6.00. The molecule has 17 heavy (non-hydrogen) atoms. The van der Waals surface area contributed by atoms with Crippen LogP contribution in [0.1, 0.15) is 30.0 Å². The second-order valence-corrected chi connectivity index (χ2v) is 4.63. The van der Waals surface area contributed by atoms with Crippen molar-refractivity contribution in [3.63, 3.8) is 0 Å². The summed E-state index contributed by atoms with van der Waals surface area (Å²) in [6.07, 6.45) is 0.667. The van der Waals surface area contributed by atoms with Crippen LogP contribution >= 0.6 is 0 Å². The van der Waals surface area contributed by atoms with Gasteiger partial charge in [-0.2, -0.15) is 0 Å². The lowest BCUT2D eigenvalue weighted by Crippen LogP contribution is -2.20. The highest BCUT2D eigenvalue weighted by atomic mass is 16.4. The smallest absolute Gasteiger partial charge is 0.306 e. The molecule has 3 nitrogen and oxygen atoms in total. The fraction of sp³-hybridized carbons (Fsp3) is 0.500. The Kier molecular flexibility index (Phi) is 5.16. The monoisotopic (exact) mass is 235 g/mol. The van der Waals surface area contributed by atoms with E-state index in [9.17, 15) is 4.79 Å². The van der Waals surface area contributed by atoms with Gasteiger partial charge in [0.1, 0.15) is 0 Å². The number of aliphatic carboxylic acids is 1. The van der Waals surface area contributed by atoms with Crippen LogP contribution in [-0.4, -0.2) is 17.6 Å². The van der Waals surface area contributed by atoms with Crippen LogP contribution in [0.5, 0.6) is 0 Å². The van der Waals surface area contributed by atoms with Crippen LogP contribution in [0.4, 0.5) is 0 Å². The minimum atomic E-state index is -0.724. The first kappa shape index (κ1) is 13.7. The summed E-state index contributed by atoms with van der Waals surface area (Å²) in [6.45, 7) is 7.45. The molecule has 0 aliphatic rings. The molecule has 1 unspecified atom stereocenters. The summed E-state index contributed by atoms with van der Waals surface area (Å²) in [7, 11) is 0. The number of carbonyl (C=O) groups is 1. The Balaban J connectivity index is 2.36. The highest BCUT2D eigenvalue weighted by Gasteiger charge is 2.09. The van der Waals surface area contributed by atoms with E-state index in [0.717, 1.165) is 13.1 Å². The molecule has 1 aromatic rings. The van der Waals surface area contributed by atoms with Gasteiger partial charge in [-0.05, 0) is 37.9 Å². The van der Waals surface area contributed by atoms with Crippen molar-refractivity contribution in [3.05, 3.63) is 34.9 Å². The number of nitrogens with one attached hydrogen (secondary N) is 1. The lowest BCUT2D eigenvalue weighted by Gasteiger charge is -2.10. The van der Waals surface area contributed by atoms with Crippen LogP contribution in [-0.2, 0) is 11.3 Å². The molecule has 0 aliphatic heterocycles. The molecule has 0 spiro atoms. The van der Waals surface area contributed by atoms with E-state index in [0.29, 0.717) is 6.42 Å². The SMILES string of the molecule is Cc1ccc(C)c(CNCCC(C)C(=O)O)c1. The highest BCUT2D eigenvalue weighted by molar-refractivity contribution is 5.69. The number of benzene rings is 1. The van der Waals surface area contributed by atoms with Gasteiger partial charge in [-0.1, -0.05) is 30.7 Å². The zero-order chi connectivity index (χ0) is 12.8. The normalized spacial score (nSPS) is 12.4. The van der Waals surface area contributed by atoms with Crippen molar-refractivity contribution in [2.24, 2.45) is 5.92 Å². The van der Waals surface area contributed by atoms with E-state index >= 15 is 0 Å². The van der Waals surface area contributed by atoms with E-state index < -0.39 is 5.97 Å². The first-order valence-corrected chi connectivity index (χ1v) is 6.00. The molecular weight excluding hydrogens is 214 g/mol. The lowest BCUT2D eigenvalue weighted by atomic mass is 10.1. The Hall–Kier alpha value is -1.35. The van der Waals surface area contributed by atoms with Gasteiger partial charge >= 0.3 is 5.97 Å². The van der Waals surface area contributed by atoms with E-state index in [1.54, 1.807) is 6.92 Å². The third-order valence-corrected chi connectivity index (χ3v) is 3.00. The maximum atomic E-state index is 10.6. The van der Waals surface area contributed by atoms with Crippen molar-refractivity contribution in [2.45, 2.75) is 33.7 Å². The second kappa shape index (κ2) is 6.40. The predicted octanol–water partition coefficient (Wildman–Crippen LogP) is 2.50. The Morgan fingerprint density at radius 1 is 1.41 bits per heavy atom. The molecule has 2 N–H and O–H groups in total. The van der Waals surface area contributed by atoms with Gasteiger partial charge in [0.25, 0.3) is 0 Å². The van der Waals surface area contributed by atoms with Gasteiger partial charge in [-0.25, -0.2) is 0 Å². The molecule has 3 heteroatoms. The average molecular weight is 235 g/mol. The molecule has 0 bridgehead atoms. The molecule has 0 aromatic heterocycles. The Bertz CT molecular complexity index is 388. The van der Waals surface area contributed by atoms with Gasteiger partial charge in [0.15, 0.2) is 0 Å². The van der Waals surface area contributed by atoms with Crippen LogP contribution < -0.4 is 5.32 Å². The number of rotatable bonds is 6. The number of carboxylic acids is 1. The molecule has 0 radical (unpaired) electrons. The standard InChI is InChI=1S/C14H21NO2/c1-10-4-5-11(2)13(8-10)9-15-7-6-12(3)14(16)17/h4-5,8,12,15H,6-7,9H2,1-3H3,(H,16,17). The molecule has 1 atom stereocenters. The largest absolute Gasteiger partial charge is 0.481 e. The van der Waals surface area contributed by atoms with E-state index in [1.165, 1.54) is 16.7 Å². The van der Waals surface area contributed by atoms with Gasteiger partial charge in [0.2, 0.25) is 0 Å². The molecule has 94 valence electrons. The van der Waals surface area contributed by atoms with Crippen molar-refractivity contribution < 1.29 is 9.90 Å². The van der Waals surface area contributed by atoms with Gasteiger partial charge in [0.05, 0.1) is 5.92 Å². The van der Waals surface area contributed by atoms with Crippen molar-refractivity contribution in [1.82, 2.24) is 5.32 Å². The summed E-state index contributed by atoms with van der Waals surface area (Å²) in [5.74, 6) is -1.00. The topological polar surface area (TPSA) is 49.3 Å². The number of aryl methyl sites for hydroxylation is 2. The minimum Gasteiger partial charge on any atom is -0.481 e. The molecule has 1 aromatic carbocycles. The molecular formula is C14H21NO2. The number of carboxylic acid groups (broad SMARTS) is 1. The van der Waals surface area contributed by atoms with Gasteiger partial charge in [-0.3, -0.25) is 4.79 Å². The van der Waals surface area contributed by atoms with Crippen molar-refractivity contribution in [1.29, 1.82) is 0 Å². The van der Waals surface area contributed by atoms with Crippen LogP contribution in [0, 0.1) is 19.8 Å². The van der Waals surface area contributed by atoms with Crippen molar-refractivity contribution in [3.8, 4) is 0 Å². The summed E-state index contributed by atoms with van der Waals surface area (Å²) in [5.41, 5.74) is 3.81. The molecule has 0 aliphatic carbocycles. The quantitative estimate of drug-likeness (QED) is 0.745. The van der Waals surface area contributed by atoms with Crippen LogP contribution in [0.15, 0.2) is 18.2 Å². The molecule has 0 amide bonds. The first-order chi connectivity index (χ1) is 8.00. The van der Waals surface area contributed by atoms with Crippen molar-refractivity contribution >= 4 is 5.97 Å². The van der Waals surface area contributed by atoms with E-state index in [4.69, 9.17) is 5.11 Å². The average Bonchev–Trinajstić information content (AvgIpc) is 2.28. The maximum Gasteiger partial charge on any atom is 0.306 e. The summed E-state index contributed by atoms with van der Waals surface area (Å²) >= 11 is 0. The predicted molar refractivity (Wildman–Crippen MR) is 69.0 cm³/mol. The van der Waals surface area contributed by atoms with Gasteiger partial charge in [-0.15, -0.1) is 0 Å². The fourth-order valence-electron chi connectivity index (χ4n) is 1.66. The summed E-state index contributed by atoms with van der Waals surface area (Å²) in [4.78, 5) is 10.6. The molecule has 0 heterocycles. The maximum absolute atomic E-state index is 10.6. The minimum absolute atomic E-state index is 0.277. The van der Waals surface area contributed by atoms with Gasteiger partial charge < -0.3 is 10.4 Å². The van der Waals surface area contributed by atoms with Gasteiger partial charge in [0, 0.05) is 6.54 Å². The second-order valence-electron chi connectivity index (χ2n) is 4.63. The Labute approximate surface area is 103 Å². The number of hydrogen-bond donors (Lipinski definition) is 2. The van der Waals surface area contributed by atoms with Crippen molar-refractivity contribution in [2.75, 3.05) is 6.54 Å². The molecule has 0 saturated carbocycles. The fourth-order valence-corrected chi connectivity index (χ4v) is 1.66. The van der Waals surface area contributed by atoms with E-state index in [1.807, 2.05) is 0 Å². The molecule has 0 fully saturated rings. The third kappa shape index (κ3) is 4.57. The van der Waals surface area contributed by atoms with Crippen LogP contribution in [0.25, 0.3) is 0 Å².